The number of rotatable bonds is 4. The molecule has 2 amide bonds. The molecule has 4 rings (SSSR count). The Bertz CT molecular complexity index is 1180. The molecule has 0 aliphatic carbocycles. The first kappa shape index (κ1) is 18.4. The minimum absolute atomic E-state index is 0.230. The maximum atomic E-state index is 12.2. The van der Waals surface area contributed by atoms with Gasteiger partial charge in [-0.3, -0.25) is 0 Å². The number of hydrogen-bond acceptors (Lipinski definition) is 5. The van der Waals surface area contributed by atoms with Crippen molar-refractivity contribution in [1.82, 2.24) is 5.16 Å². The van der Waals surface area contributed by atoms with Gasteiger partial charge in [0.15, 0.2) is 5.52 Å². The fourth-order valence-electron chi connectivity index (χ4n) is 3.21. The van der Waals surface area contributed by atoms with E-state index in [9.17, 15) is 4.79 Å². The van der Waals surface area contributed by atoms with Gasteiger partial charge in [0, 0.05) is 11.4 Å². The van der Waals surface area contributed by atoms with Crippen molar-refractivity contribution < 1.29 is 14.1 Å². The van der Waals surface area contributed by atoms with Crippen LogP contribution in [0.2, 0.25) is 0 Å². The second-order valence-corrected chi connectivity index (χ2v) is 6.61. The number of ether oxygens (including phenoxy) is 1. The number of nitrogens with one attached hydrogen (secondary N) is 2. The molecule has 4 aromatic rings. The van der Waals surface area contributed by atoms with Crippen LogP contribution in [0.1, 0.15) is 5.56 Å². The largest absolute Gasteiger partial charge is 0.494 e. The third kappa shape index (κ3) is 3.70. The molecule has 0 fully saturated rings. The molecule has 0 aliphatic heterocycles. The first-order valence-corrected chi connectivity index (χ1v) is 9.02. The van der Waals surface area contributed by atoms with E-state index >= 15 is 0 Å². The summed E-state index contributed by atoms with van der Waals surface area (Å²) in [5.74, 6) is 0.823. The Hall–Kier alpha value is -4.00. The van der Waals surface area contributed by atoms with Crippen molar-refractivity contribution in [2.75, 3.05) is 23.5 Å². The molecule has 29 heavy (non-hydrogen) atoms. The molecule has 1 aromatic heterocycles. The molecule has 0 radical (unpaired) electrons. The van der Waals surface area contributed by atoms with E-state index in [4.69, 9.17) is 15.0 Å². The van der Waals surface area contributed by atoms with Crippen molar-refractivity contribution in [1.29, 1.82) is 0 Å². The zero-order chi connectivity index (χ0) is 20.4. The molecule has 0 unspecified atom stereocenters. The monoisotopic (exact) mass is 388 g/mol. The van der Waals surface area contributed by atoms with Gasteiger partial charge in [0.25, 0.3) is 0 Å². The normalized spacial score (nSPS) is 10.7. The van der Waals surface area contributed by atoms with E-state index < -0.39 is 0 Å². The Balaban J connectivity index is 1.55. The number of aromatic nitrogens is 1. The SMILES string of the molecule is COc1ccc(-c2ccc(NC(=O)Nc3cccc(C)c3)cc2)c2c(N)onc12. The van der Waals surface area contributed by atoms with E-state index in [1.807, 2.05) is 67.6 Å². The number of methoxy groups -OCH3 is 1. The number of nitrogens with zero attached hydrogens (tertiary/aromatic N) is 1. The number of carbonyl (C=O) groups is 1. The molecular formula is C22H20N4O3. The summed E-state index contributed by atoms with van der Waals surface area (Å²) in [6.07, 6.45) is 0. The van der Waals surface area contributed by atoms with Crippen molar-refractivity contribution in [2.24, 2.45) is 0 Å². The molecule has 0 saturated heterocycles. The summed E-state index contributed by atoms with van der Waals surface area (Å²) >= 11 is 0. The van der Waals surface area contributed by atoms with E-state index in [0.29, 0.717) is 22.3 Å². The minimum Gasteiger partial charge on any atom is -0.494 e. The van der Waals surface area contributed by atoms with Crippen LogP contribution in [0, 0.1) is 6.92 Å². The van der Waals surface area contributed by atoms with Crippen LogP contribution >= 0.6 is 0 Å². The third-order valence-corrected chi connectivity index (χ3v) is 4.57. The van der Waals surface area contributed by atoms with Gasteiger partial charge in [0.05, 0.1) is 12.5 Å². The number of fused-ring (bicyclic) bond motifs is 1. The quantitative estimate of drug-likeness (QED) is 0.455. The first-order chi connectivity index (χ1) is 14.0. The summed E-state index contributed by atoms with van der Waals surface area (Å²) in [5, 5.41) is 10.3. The predicted octanol–water partition coefficient (Wildman–Crippen LogP) is 5.04. The van der Waals surface area contributed by atoms with Gasteiger partial charge in [-0.15, -0.1) is 0 Å². The number of aryl methyl sites for hydroxylation is 1. The number of nitrogens with two attached hydrogens (primary N) is 1. The number of amides is 2. The van der Waals surface area contributed by atoms with Crippen molar-refractivity contribution >= 4 is 34.2 Å². The molecule has 7 heteroatoms. The summed E-state index contributed by atoms with van der Waals surface area (Å²) in [6.45, 7) is 1.97. The fourth-order valence-corrected chi connectivity index (χ4v) is 3.21. The van der Waals surface area contributed by atoms with Gasteiger partial charge in [0.1, 0.15) is 5.75 Å². The standard InChI is InChI=1S/C22H20N4O3/c1-13-4-3-5-16(12-13)25-22(27)24-15-8-6-14(7-9-15)17-10-11-18(28-2)20-19(17)21(23)29-26-20/h3-12H,23H2,1-2H3,(H2,24,25,27). The Kier molecular flexibility index (Phi) is 4.78. The number of nitrogen functional groups attached to an aromatic ring is 1. The van der Waals surface area contributed by atoms with Crippen LogP contribution in [0.4, 0.5) is 22.1 Å². The van der Waals surface area contributed by atoms with Gasteiger partial charge in [-0.05, 0) is 60.0 Å². The summed E-state index contributed by atoms with van der Waals surface area (Å²) in [4.78, 5) is 12.2. The van der Waals surface area contributed by atoms with Crippen molar-refractivity contribution in [2.45, 2.75) is 6.92 Å². The average Bonchev–Trinajstić information content (AvgIpc) is 3.10. The zero-order valence-electron chi connectivity index (χ0n) is 16.0. The Morgan fingerprint density at radius 3 is 2.52 bits per heavy atom. The smallest absolute Gasteiger partial charge is 0.323 e. The maximum absolute atomic E-state index is 12.2. The Morgan fingerprint density at radius 2 is 1.79 bits per heavy atom. The van der Waals surface area contributed by atoms with E-state index in [-0.39, 0.29) is 11.9 Å². The predicted molar refractivity (Wildman–Crippen MR) is 114 cm³/mol. The highest BCUT2D eigenvalue weighted by atomic mass is 16.5. The molecule has 7 nitrogen and oxygen atoms in total. The second-order valence-electron chi connectivity index (χ2n) is 6.61. The highest BCUT2D eigenvalue weighted by Crippen LogP contribution is 2.37. The molecule has 0 bridgehead atoms. The number of anilines is 3. The summed E-state index contributed by atoms with van der Waals surface area (Å²) in [7, 11) is 1.57. The lowest BCUT2D eigenvalue weighted by Crippen LogP contribution is -2.19. The van der Waals surface area contributed by atoms with Crippen LogP contribution < -0.4 is 21.1 Å². The van der Waals surface area contributed by atoms with E-state index in [1.165, 1.54) is 0 Å². The molecule has 0 atom stereocenters. The molecule has 146 valence electrons. The molecular weight excluding hydrogens is 368 g/mol. The number of hydrogen-bond donors (Lipinski definition) is 3. The van der Waals surface area contributed by atoms with Crippen molar-refractivity contribution in [3.63, 3.8) is 0 Å². The third-order valence-electron chi connectivity index (χ3n) is 4.57. The topological polar surface area (TPSA) is 102 Å². The molecule has 0 aliphatic rings. The second kappa shape index (κ2) is 7.55. The molecule has 4 N–H and O–H groups in total. The van der Waals surface area contributed by atoms with E-state index in [2.05, 4.69) is 15.8 Å². The van der Waals surface area contributed by atoms with Gasteiger partial charge in [0.2, 0.25) is 5.88 Å². The Morgan fingerprint density at radius 1 is 1.03 bits per heavy atom. The lowest BCUT2D eigenvalue weighted by Gasteiger charge is -2.10. The molecule has 3 aromatic carbocycles. The molecule has 0 spiro atoms. The fraction of sp³-hybridized carbons (Fsp3) is 0.0909. The minimum atomic E-state index is -0.307. The number of benzene rings is 3. The van der Waals surface area contributed by atoms with Crippen LogP contribution in [-0.2, 0) is 0 Å². The summed E-state index contributed by atoms with van der Waals surface area (Å²) < 4.78 is 10.5. The van der Waals surface area contributed by atoms with Gasteiger partial charge >= 0.3 is 6.03 Å². The van der Waals surface area contributed by atoms with Crippen LogP contribution in [0.15, 0.2) is 65.2 Å². The lowest BCUT2D eigenvalue weighted by atomic mass is 10.0. The van der Waals surface area contributed by atoms with Crippen molar-refractivity contribution in [3.8, 4) is 16.9 Å². The highest BCUT2D eigenvalue weighted by Gasteiger charge is 2.16. The highest BCUT2D eigenvalue weighted by molar-refractivity contribution is 6.04. The van der Waals surface area contributed by atoms with Crippen LogP contribution in [0.3, 0.4) is 0 Å². The van der Waals surface area contributed by atoms with Crippen LogP contribution in [0.5, 0.6) is 5.75 Å². The van der Waals surface area contributed by atoms with Gasteiger partial charge in [-0.2, -0.15) is 0 Å². The molecule has 0 saturated carbocycles. The average molecular weight is 388 g/mol. The lowest BCUT2D eigenvalue weighted by molar-refractivity contribution is 0.262. The van der Waals surface area contributed by atoms with Gasteiger partial charge in [-0.1, -0.05) is 29.4 Å². The number of urea groups is 1. The van der Waals surface area contributed by atoms with Crippen LogP contribution in [-0.4, -0.2) is 18.3 Å². The zero-order valence-corrected chi connectivity index (χ0v) is 16.0. The summed E-state index contributed by atoms with van der Waals surface area (Å²) in [5.41, 5.74) is 10.8. The van der Waals surface area contributed by atoms with E-state index in [1.54, 1.807) is 7.11 Å². The van der Waals surface area contributed by atoms with Gasteiger partial charge < -0.3 is 25.6 Å². The van der Waals surface area contributed by atoms with Gasteiger partial charge in [-0.25, -0.2) is 4.79 Å². The Labute approximate surface area is 167 Å². The van der Waals surface area contributed by atoms with E-state index in [0.717, 1.165) is 22.4 Å². The number of carbonyl (C=O) groups excluding carboxylic acids is 1. The van der Waals surface area contributed by atoms with Crippen molar-refractivity contribution in [3.05, 3.63) is 66.2 Å². The van der Waals surface area contributed by atoms with Crippen LogP contribution in [0.25, 0.3) is 22.0 Å². The first-order valence-electron chi connectivity index (χ1n) is 9.02. The summed E-state index contributed by atoms with van der Waals surface area (Å²) in [6, 6.07) is 18.5. The molecule has 1 heterocycles. The maximum Gasteiger partial charge on any atom is 0.323 e.